The van der Waals surface area contributed by atoms with Crippen LogP contribution >= 0.6 is 0 Å². The summed E-state index contributed by atoms with van der Waals surface area (Å²) < 4.78 is 10.7. The van der Waals surface area contributed by atoms with Crippen LogP contribution in [-0.4, -0.2) is 36.4 Å². The van der Waals surface area contributed by atoms with Crippen LogP contribution in [0, 0.1) is 0 Å². The summed E-state index contributed by atoms with van der Waals surface area (Å²) in [6.45, 7) is 6.51. The molecule has 0 heterocycles. The van der Waals surface area contributed by atoms with Crippen molar-refractivity contribution < 1.29 is 19.4 Å². The summed E-state index contributed by atoms with van der Waals surface area (Å²) in [5.41, 5.74) is 0.801. The highest BCUT2D eigenvalue weighted by Gasteiger charge is 2.20. The lowest BCUT2D eigenvalue weighted by Gasteiger charge is -2.19. The van der Waals surface area contributed by atoms with Crippen LogP contribution in [-0.2, 0) is 16.1 Å². The van der Waals surface area contributed by atoms with Crippen molar-refractivity contribution in [2.45, 2.75) is 45.9 Å². The molecule has 0 spiro atoms. The lowest BCUT2D eigenvalue weighted by atomic mass is 10.2. The Labute approximate surface area is 126 Å². The van der Waals surface area contributed by atoms with Gasteiger partial charge in [-0.05, 0) is 24.6 Å². The molecule has 2 N–H and O–H groups in total. The summed E-state index contributed by atoms with van der Waals surface area (Å²) in [7, 11) is 0. The molecule has 0 aliphatic rings. The van der Waals surface area contributed by atoms with E-state index in [0.717, 1.165) is 5.56 Å². The van der Waals surface area contributed by atoms with Crippen molar-refractivity contribution in [2.75, 3.05) is 13.2 Å². The molecule has 0 radical (unpaired) electrons. The second kappa shape index (κ2) is 9.37. The number of benzene rings is 1. The van der Waals surface area contributed by atoms with Gasteiger partial charge in [0.05, 0.1) is 19.8 Å². The van der Waals surface area contributed by atoms with E-state index < -0.39 is 0 Å². The first-order valence-corrected chi connectivity index (χ1v) is 7.32. The number of esters is 1. The third-order valence-corrected chi connectivity index (χ3v) is 2.86. The minimum absolute atomic E-state index is 0.0163. The Morgan fingerprint density at radius 1 is 1.38 bits per heavy atom. The smallest absolute Gasteiger partial charge is 0.323 e. The van der Waals surface area contributed by atoms with E-state index in [-0.39, 0.29) is 24.7 Å². The number of nitrogens with one attached hydrogen (secondary N) is 1. The van der Waals surface area contributed by atoms with Crippen LogP contribution in [0.1, 0.15) is 32.8 Å². The fraction of sp³-hybridized carbons (Fsp3) is 0.562. The predicted octanol–water partition coefficient (Wildman–Crippen LogP) is 1.88. The SMILES string of the molecule is CCOC(=O)C(CCOc1cccc(CO)c1)NC(C)C. The second-order valence-electron chi connectivity index (χ2n) is 5.07. The number of rotatable bonds is 9. The van der Waals surface area contributed by atoms with E-state index in [2.05, 4.69) is 5.32 Å². The van der Waals surface area contributed by atoms with Crippen LogP contribution in [0.2, 0.25) is 0 Å². The van der Waals surface area contributed by atoms with E-state index in [0.29, 0.717) is 25.4 Å². The minimum Gasteiger partial charge on any atom is -0.494 e. The number of carbonyl (C=O) groups is 1. The number of ether oxygens (including phenoxy) is 2. The molecule has 0 aromatic heterocycles. The van der Waals surface area contributed by atoms with Gasteiger partial charge in [0.15, 0.2) is 0 Å². The molecule has 0 aliphatic heterocycles. The van der Waals surface area contributed by atoms with E-state index in [4.69, 9.17) is 14.6 Å². The topological polar surface area (TPSA) is 67.8 Å². The first-order chi connectivity index (χ1) is 10.1. The maximum absolute atomic E-state index is 11.8. The van der Waals surface area contributed by atoms with Gasteiger partial charge in [-0.2, -0.15) is 0 Å². The lowest BCUT2D eigenvalue weighted by molar-refractivity contribution is -0.146. The molecule has 0 aliphatic carbocycles. The second-order valence-corrected chi connectivity index (χ2v) is 5.07. The van der Waals surface area contributed by atoms with E-state index in [1.807, 2.05) is 32.0 Å². The molecule has 0 amide bonds. The molecule has 1 rings (SSSR count). The van der Waals surface area contributed by atoms with Gasteiger partial charge in [-0.15, -0.1) is 0 Å². The highest BCUT2D eigenvalue weighted by Crippen LogP contribution is 2.14. The van der Waals surface area contributed by atoms with Crippen molar-refractivity contribution in [1.82, 2.24) is 5.32 Å². The van der Waals surface area contributed by atoms with Gasteiger partial charge in [0, 0.05) is 12.5 Å². The number of hydrogen-bond donors (Lipinski definition) is 2. The molecule has 1 aromatic rings. The van der Waals surface area contributed by atoms with E-state index >= 15 is 0 Å². The van der Waals surface area contributed by atoms with E-state index in [1.165, 1.54) is 0 Å². The van der Waals surface area contributed by atoms with Gasteiger partial charge >= 0.3 is 5.97 Å². The van der Waals surface area contributed by atoms with Gasteiger partial charge in [0.2, 0.25) is 0 Å². The predicted molar refractivity (Wildman–Crippen MR) is 81.2 cm³/mol. The van der Waals surface area contributed by atoms with E-state index in [9.17, 15) is 4.79 Å². The van der Waals surface area contributed by atoms with Crippen molar-refractivity contribution >= 4 is 5.97 Å². The van der Waals surface area contributed by atoms with Crippen LogP contribution in [0.4, 0.5) is 0 Å². The fourth-order valence-corrected chi connectivity index (χ4v) is 1.94. The summed E-state index contributed by atoms with van der Waals surface area (Å²) >= 11 is 0. The molecule has 0 saturated carbocycles. The normalized spacial score (nSPS) is 12.2. The summed E-state index contributed by atoms with van der Waals surface area (Å²) in [5.74, 6) is 0.438. The molecule has 1 unspecified atom stereocenters. The number of aliphatic hydroxyl groups excluding tert-OH is 1. The monoisotopic (exact) mass is 295 g/mol. The Bertz CT molecular complexity index is 434. The molecule has 1 aromatic carbocycles. The molecule has 0 saturated heterocycles. The summed E-state index contributed by atoms with van der Waals surface area (Å²) in [5, 5.41) is 12.3. The Hall–Kier alpha value is -1.59. The highest BCUT2D eigenvalue weighted by molar-refractivity contribution is 5.75. The first-order valence-electron chi connectivity index (χ1n) is 7.32. The summed E-state index contributed by atoms with van der Waals surface area (Å²) in [6.07, 6.45) is 0.528. The quantitative estimate of drug-likeness (QED) is 0.681. The van der Waals surface area contributed by atoms with Gasteiger partial charge in [-0.1, -0.05) is 26.0 Å². The van der Waals surface area contributed by atoms with Gasteiger partial charge in [-0.3, -0.25) is 4.79 Å². The number of hydrogen-bond acceptors (Lipinski definition) is 5. The minimum atomic E-state index is -0.369. The van der Waals surface area contributed by atoms with Gasteiger partial charge in [0.1, 0.15) is 11.8 Å². The maximum Gasteiger partial charge on any atom is 0.323 e. The van der Waals surface area contributed by atoms with Crippen molar-refractivity contribution in [2.24, 2.45) is 0 Å². The lowest BCUT2D eigenvalue weighted by Crippen LogP contribution is -2.42. The van der Waals surface area contributed by atoms with Crippen molar-refractivity contribution in [3.05, 3.63) is 29.8 Å². The Kier molecular flexibility index (Phi) is 7.79. The molecule has 0 fully saturated rings. The fourth-order valence-electron chi connectivity index (χ4n) is 1.94. The highest BCUT2D eigenvalue weighted by atomic mass is 16.5. The zero-order valence-corrected chi connectivity index (χ0v) is 13.0. The van der Waals surface area contributed by atoms with Crippen LogP contribution in [0.25, 0.3) is 0 Å². The molecular formula is C16H25NO4. The Morgan fingerprint density at radius 3 is 2.76 bits per heavy atom. The average Bonchev–Trinajstić information content (AvgIpc) is 2.46. The summed E-state index contributed by atoms with van der Waals surface area (Å²) in [6, 6.07) is 7.09. The van der Waals surface area contributed by atoms with Gasteiger partial charge in [0.25, 0.3) is 0 Å². The molecule has 5 heteroatoms. The van der Waals surface area contributed by atoms with Crippen LogP contribution < -0.4 is 10.1 Å². The molecule has 0 bridgehead atoms. The molecule has 118 valence electrons. The van der Waals surface area contributed by atoms with Crippen molar-refractivity contribution in [3.63, 3.8) is 0 Å². The first kappa shape index (κ1) is 17.5. The van der Waals surface area contributed by atoms with Crippen LogP contribution in [0.5, 0.6) is 5.75 Å². The maximum atomic E-state index is 11.8. The third-order valence-electron chi connectivity index (χ3n) is 2.86. The van der Waals surface area contributed by atoms with Crippen molar-refractivity contribution in [1.29, 1.82) is 0 Å². The van der Waals surface area contributed by atoms with Gasteiger partial charge in [-0.25, -0.2) is 0 Å². The number of aliphatic hydroxyl groups is 1. The molecule has 21 heavy (non-hydrogen) atoms. The standard InChI is InChI=1S/C16H25NO4/c1-4-20-16(19)15(17-12(2)3)8-9-21-14-7-5-6-13(10-14)11-18/h5-7,10,12,15,17-18H,4,8-9,11H2,1-3H3. The zero-order valence-electron chi connectivity index (χ0n) is 13.0. The van der Waals surface area contributed by atoms with Crippen LogP contribution in [0.3, 0.4) is 0 Å². The number of carbonyl (C=O) groups excluding carboxylic acids is 1. The average molecular weight is 295 g/mol. The zero-order chi connectivity index (χ0) is 15.7. The van der Waals surface area contributed by atoms with Crippen molar-refractivity contribution in [3.8, 4) is 5.75 Å². The molecule has 1 atom stereocenters. The largest absolute Gasteiger partial charge is 0.494 e. The molecule has 5 nitrogen and oxygen atoms in total. The Morgan fingerprint density at radius 2 is 2.14 bits per heavy atom. The summed E-state index contributed by atoms with van der Waals surface area (Å²) in [4.78, 5) is 11.8. The third kappa shape index (κ3) is 6.60. The van der Waals surface area contributed by atoms with E-state index in [1.54, 1.807) is 13.0 Å². The Balaban J connectivity index is 2.50. The van der Waals surface area contributed by atoms with Crippen LogP contribution in [0.15, 0.2) is 24.3 Å². The molecular weight excluding hydrogens is 270 g/mol. The van der Waals surface area contributed by atoms with Gasteiger partial charge < -0.3 is 19.9 Å².